The number of aliphatic hydroxyl groups excluding tert-OH is 1. The summed E-state index contributed by atoms with van der Waals surface area (Å²) in [7, 11) is 2.17. The van der Waals surface area contributed by atoms with E-state index in [9.17, 15) is 0 Å². The number of unbranched alkanes of at least 4 members (excludes halogenated alkanes) is 6. The number of aliphatic hydroxyl groups is 1. The number of primary amides is 1. The third-order valence-electron chi connectivity index (χ3n) is 4.85. The molecule has 1 saturated heterocycles. The third-order valence-corrected chi connectivity index (χ3v) is 4.85. The number of ether oxygens (including phenoxy) is 1. The molecule has 0 radical (unpaired) electrons. The van der Waals surface area contributed by atoms with E-state index in [2.05, 4.69) is 48.9 Å². The first-order valence-electron chi connectivity index (χ1n) is 12.3. The van der Waals surface area contributed by atoms with Gasteiger partial charge in [-0.2, -0.15) is 0 Å². The highest BCUT2D eigenvalue weighted by Crippen LogP contribution is 2.15. The summed E-state index contributed by atoms with van der Waals surface area (Å²) >= 11 is 0. The zero-order valence-electron chi connectivity index (χ0n) is 20.8. The van der Waals surface area contributed by atoms with Gasteiger partial charge in [0.25, 0.3) is 0 Å². The normalized spacial score (nSPS) is 12.4. The van der Waals surface area contributed by atoms with Gasteiger partial charge in [0.05, 0.1) is 6.61 Å². The third kappa shape index (κ3) is 22.9. The Balaban J connectivity index is 0. The van der Waals surface area contributed by atoms with E-state index in [1.165, 1.54) is 76.4 Å². The molecule has 0 spiro atoms. The molecule has 1 aromatic carbocycles. The highest BCUT2D eigenvalue weighted by Gasteiger charge is 2.03. The van der Waals surface area contributed by atoms with Gasteiger partial charge in [0.2, 0.25) is 6.41 Å². The molecule has 31 heavy (non-hydrogen) atoms. The van der Waals surface area contributed by atoms with Crippen LogP contribution in [0.25, 0.3) is 0 Å². The fraction of sp³-hybridized carbons (Fsp3) is 0.731. The minimum atomic E-state index is 0.250. The standard InChI is InChI=1S/C18H30O2.C5H11N.C2H6.CH3NO/c1-2-16-20-18-13-11-17(12-14-18)10-8-6-4-3-5-7-9-15-19;1-6-4-2-3-5-6;1-2;2-1-3/h11-14,19H,2-10,15-16H2,1H3;2-5H2,1H3;1-2H3;1H,(H2,2,3). The number of aryl methyl sites for hydroxylation is 1. The lowest BCUT2D eigenvalue weighted by molar-refractivity contribution is -0.106. The van der Waals surface area contributed by atoms with Crippen molar-refractivity contribution in [3.8, 4) is 5.75 Å². The van der Waals surface area contributed by atoms with E-state index in [4.69, 9.17) is 14.6 Å². The first-order valence-corrected chi connectivity index (χ1v) is 12.3. The topological polar surface area (TPSA) is 75.8 Å². The van der Waals surface area contributed by atoms with E-state index in [-0.39, 0.29) is 6.41 Å². The molecule has 5 heteroatoms. The van der Waals surface area contributed by atoms with Crippen molar-refractivity contribution in [3.63, 3.8) is 0 Å². The quantitative estimate of drug-likeness (QED) is 0.330. The van der Waals surface area contributed by atoms with Crippen molar-refractivity contribution in [2.24, 2.45) is 5.73 Å². The SMILES string of the molecule is CC.CCCOc1ccc(CCCCCCCCCO)cc1.CN1CCCC1.NC=O. The van der Waals surface area contributed by atoms with Gasteiger partial charge in [0.1, 0.15) is 5.75 Å². The molecule has 0 aromatic heterocycles. The number of carbonyl (C=O) groups excluding carboxylic acids is 1. The molecule has 1 aromatic rings. The lowest BCUT2D eigenvalue weighted by atomic mass is 10.0. The maximum absolute atomic E-state index is 8.69. The van der Waals surface area contributed by atoms with E-state index in [1.807, 2.05) is 13.8 Å². The summed E-state index contributed by atoms with van der Waals surface area (Å²) in [5.41, 5.74) is 5.58. The molecule has 1 aliphatic heterocycles. The largest absolute Gasteiger partial charge is 0.494 e. The highest BCUT2D eigenvalue weighted by molar-refractivity contribution is 5.42. The van der Waals surface area contributed by atoms with Crippen LogP contribution in [0.4, 0.5) is 0 Å². The minimum absolute atomic E-state index is 0.250. The van der Waals surface area contributed by atoms with Gasteiger partial charge in [-0.05, 0) is 76.4 Å². The van der Waals surface area contributed by atoms with Crippen LogP contribution in [-0.4, -0.2) is 49.8 Å². The van der Waals surface area contributed by atoms with Crippen LogP contribution in [0.5, 0.6) is 5.75 Å². The van der Waals surface area contributed by atoms with E-state index < -0.39 is 0 Å². The molecule has 2 rings (SSSR count). The Morgan fingerprint density at radius 1 is 0.968 bits per heavy atom. The molecule has 0 aliphatic carbocycles. The van der Waals surface area contributed by atoms with E-state index in [0.717, 1.165) is 25.2 Å². The number of hydrogen-bond acceptors (Lipinski definition) is 4. The summed E-state index contributed by atoms with van der Waals surface area (Å²) < 4.78 is 5.58. The molecule has 1 aliphatic rings. The molecule has 5 nitrogen and oxygen atoms in total. The van der Waals surface area contributed by atoms with Crippen LogP contribution >= 0.6 is 0 Å². The van der Waals surface area contributed by atoms with E-state index in [0.29, 0.717) is 6.61 Å². The second-order valence-electron chi connectivity index (χ2n) is 7.59. The second kappa shape index (κ2) is 26.4. The number of hydrogen-bond donors (Lipinski definition) is 2. The lowest BCUT2D eigenvalue weighted by Gasteiger charge is -2.06. The van der Waals surface area contributed by atoms with Crippen molar-refractivity contribution in [3.05, 3.63) is 29.8 Å². The van der Waals surface area contributed by atoms with Crippen LogP contribution in [0.15, 0.2) is 24.3 Å². The maximum Gasteiger partial charge on any atom is 0.204 e. The van der Waals surface area contributed by atoms with Crippen molar-refractivity contribution in [1.82, 2.24) is 4.90 Å². The number of rotatable bonds is 12. The predicted octanol–water partition coefficient (Wildman–Crippen LogP) is 5.58. The van der Waals surface area contributed by atoms with Crippen LogP contribution in [0.2, 0.25) is 0 Å². The van der Waals surface area contributed by atoms with Gasteiger partial charge in [0, 0.05) is 6.61 Å². The molecular weight excluding hydrogens is 388 g/mol. The number of nitrogens with zero attached hydrogens (tertiary/aromatic N) is 1. The van der Waals surface area contributed by atoms with Crippen LogP contribution < -0.4 is 10.5 Å². The summed E-state index contributed by atoms with van der Waals surface area (Å²) in [5, 5.41) is 8.69. The predicted molar refractivity (Wildman–Crippen MR) is 134 cm³/mol. The summed E-state index contributed by atoms with van der Waals surface area (Å²) in [5.74, 6) is 0.986. The van der Waals surface area contributed by atoms with Crippen molar-refractivity contribution in [2.45, 2.75) is 91.4 Å². The average molecular weight is 439 g/mol. The summed E-state index contributed by atoms with van der Waals surface area (Å²) in [4.78, 5) is 10.9. The minimum Gasteiger partial charge on any atom is -0.494 e. The average Bonchev–Trinajstić information content (AvgIpc) is 3.28. The maximum atomic E-state index is 8.69. The van der Waals surface area contributed by atoms with Crippen molar-refractivity contribution in [2.75, 3.05) is 33.4 Å². The van der Waals surface area contributed by atoms with Crippen LogP contribution in [0, 0.1) is 0 Å². The fourth-order valence-corrected chi connectivity index (χ4v) is 3.17. The first kappa shape index (κ1) is 31.6. The zero-order chi connectivity index (χ0) is 23.6. The molecule has 1 amide bonds. The Hall–Kier alpha value is -1.59. The van der Waals surface area contributed by atoms with Gasteiger partial charge in [-0.25, -0.2) is 0 Å². The number of nitrogens with two attached hydrogens (primary N) is 1. The lowest BCUT2D eigenvalue weighted by Crippen LogP contribution is -2.10. The van der Waals surface area contributed by atoms with Gasteiger partial charge < -0.3 is 20.5 Å². The van der Waals surface area contributed by atoms with Crippen LogP contribution in [0.1, 0.15) is 90.5 Å². The van der Waals surface area contributed by atoms with Crippen LogP contribution in [-0.2, 0) is 11.2 Å². The number of likely N-dealkylation sites (tertiary alicyclic amines) is 1. The Labute approximate surface area is 192 Å². The van der Waals surface area contributed by atoms with Crippen LogP contribution in [0.3, 0.4) is 0 Å². The fourth-order valence-electron chi connectivity index (χ4n) is 3.17. The smallest absolute Gasteiger partial charge is 0.204 e. The Bertz CT molecular complexity index is 460. The molecule has 0 bridgehead atoms. The number of amides is 1. The Kier molecular flexibility index (Phi) is 27.0. The van der Waals surface area contributed by atoms with Gasteiger partial charge in [-0.1, -0.05) is 65.0 Å². The molecule has 182 valence electrons. The summed E-state index contributed by atoms with van der Waals surface area (Å²) in [6.07, 6.45) is 13.9. The molecule has 3 N–H and O–H groups in total. The van der Waals surface area contributed by atoms with Crippen molar-refractivity contribution < 1.29 is 14.6 Å². The molecule has 1 fully saturated rings. The van der Waals surface area contributed by atoms with Gasteiger partial charge in [-0.15, -0.1) is 0 Å². The number of carbonyl (C=O) groups is 1. The summed E-state index contributed by atoms with van der Waals surface area (Å²) in [6, 6.07) is 8.54. The summed E-state index contributed by atoms with van der Waals surface area (Å²) in [6.45, 7) is 9.91. The van der Waals surface area contributed by atoms with E-state index >= 15 is 0 Å². The van der Waals surface area contributed by atoms with E-state index in [1.54, 1.807) is 0 Å². The van der Waals surface area contributed by atoms with Gasteiger partial charge >= 0.3 is 0 Å². The molecule has 0 saturated carbocycles. The first-order chi connectivity index (χ1) is 15.2. The number of benzene rings is 1. The van der Waals surface area contributed by atoms with Gasteiger partial charge in [-0.3, -0.25) is 4.79 Å². The zero-order valence-corrected chi connectivity index (χ0v) is 20.8. The molecule has 0 atom stereocenters. The van der Waals surface area contributed by atoms with Gasteiger partial charge in [0.15, 0.2) is 0 Å². The Morgan fingerprint density at radius 3 is 1.87 bits per heavy atom. The van der Waals surface area contributed by atoms with Crippen molar-refractivity contribution >= 4 is 6.41 Å². The van der Waals surface area contributed by atoms with Crippen molar-refractivity contribution in [1.29, 1.82) is 0 Å². The second-order valence-corrected chi connectivity index (χ2v) is 7.59. The molecular formula is C26H50N2O3. The molecule has 1 heterocycles. The monoisotopic (exact) mass is 438 g/mol. The highest BCUT2D eigenvalue weighted by atomic mass is 16.5. The molecule has 0 unspecified atom stereocenters. The Morgan fingerprint density at radius 2 is 1.45 bits per heavy atom.